The van der Waals surface area contributed by atoms with E-state index < -0.39 is 10.0 Å². The number of hydrogen-bond acceptors (Lipinski definition) is 5. The highest BCUT2D eigenvalue weighted by Crippen LogP contribution is 2.16. The Hall–Kier alpha value is -1.64. The third kappa shape index (κ3) is 3.72. The number of nitrogens with zero attached hydrogens (tertiary/aromatic N) is 1. The molecule has 8 heteroatoms. The molecular formula is C13H20N4O3S. The first-order valence-electron chi connectivity index (χ1n) is 6.67. The summed E-state index contributed by atoms with van der Waals surface area (Å²) in [4.78, 5) is 0. The van der Waals surface area contributed by atoms with Gasteiger partial charge in [-0.05, 0) is 33.0 Å². The lowest BCUT2D eigenvalue weighted by Gasteiger charge is -2.12. The second-order valence-electron chi connectivity index (χ2n) is 4.97. The van der Waals surface area contributed by atoms with Crippen molar-refractivity contribution in [2.45, 2.75) is 37.9 Å². The van der Waals surface area contributed by atoms with E-state index in [1.807, 2.05) is 6.07 Å². The van der Waals surface area contributed by atoms with Crippen molar-refractivity contribution in [3.8, 4) is 0 Å². The fraction of sp³-hybridized carbons (Fsp3) is 0.462. The number of aromatic nitrogens is 2. The molecule has 1 unspecified atom stereocenters. The van der Waals surface area contributed by atoms with Gasteiger partial charge >= 0.3 is 0 Å². The maximum absolute atomic E-state index is 12.4. The van der Waals surface area contributed by atoms with E-state index in [2.05, 4.69) is 20.2 Å². The van der Waals surface area contributed by atoms with Crippen LogP contribution in [0, 0.1) is 6.92 Å². The number of aryl methyl sites for hydroxylation is 1. The van der Waals surface area contributed by atoms with Gasteiger partial charge in [0.2, 0.25) is 0 Å². The van der Waals surface area contributed by atoms with Crippen molar-refractivity contribution in [2.75, 3.05) is 7.05 Å². The van der Waals surface area contributed by atoms with Crippen molar-refractivity contribution in [3.05, 3.63) is 35.4 Å². The Labute approximate surface area is 124 Å². The average molecular weight is 312 g/mol. The molecule has 0 amide bonds. The lowest BCUT2D eigenvalue weighted by molar-refractivity contribution is 0.478. The quantitative estimate of drug-likeness (QED) is 0.706. The van der Waals surface area contributed by atoms with Gasteiger partial charge < -0.3 is 9.73 Å². The second kappa shape index (κ2) is 6.42. The molecule has 116 valence electrons. The molecule has 0 aliphatic heterocycles. The van der Waals surface area contributed by atoms with Gasteiger partial charge in [-0.25, -0.2) is 13.1 Å². The lowest BCUT2D eigenvalue weighted by Crippen LogP contribution is -2.35. The minimum atomic E-state index is -3.67. The van der Waals surface area contributed by atoms with Crippen LogP contribution in [-0.2, 0) is 23.0 Å². The Morgan fingerprint density at radius 2 is 2.24 bits per heavy atom. The summed E-state index contributed by atoms with van der Waals surface area (Å²) >= 11 is 0. The molecule has 2 aromatic rings. The predicted octanol–water partition coefficient (Wildman–Crippen LogP) is 0.940. The monoisotopic (exact) mass is 312 g/mol. The Kier molecular flexibility index (Phi) is 4.81. The van der Waals surface area contributed by atoms with Crippen LogP contribution in [0.5, 0.6) is 0 Å². The SMILES string of the molecule is CNCc1c(S(=O)(=O)NC(C)Cc2ccco2)n[nH]c1C. The van der Waals surface area contributed by atoms with Crippen LogP contribution in [0.3, 0.4) is 0 Å². The molecule has 0 bridgehead atoms. The van der Waals surface area contributed by atoms with Crippen LogP contribution in [0.25, 0.3) is 0 Å². The van der Waals surface area contributed by atoms with Crippen molar-refractivity contribution in [2.24, 2.45) is 0 Å². The van der Waals surface area contributed by atoms with E-state index >= 15 is 0 Å². The van der Waals surface area contributed by atoms with Crippen LogP contribution < -0.4 is 10.0 Å². The third-order valence-corrected chi connectivity index (χ3v) is 4.65. The van der Waals surface area contributed by atoms with Crippen molar-refractivity contribution in [1.29, 1.82) is 0 Å². The summed E-state index contributed by atoms with van der Waals surface area (Å²) in [5.74, 6) is 0.735. The number of sulfonamides is 1. The molecule has 0 radical (unpaired) electrons. The van der Waals surface area contributed by atoms with Crippen molar-refractivity contribution < 1.29 is 12.8 Å². The minimum absolute atomic E-state index is 0.0423. The molecule has 2 rings (SSSR count). The van der Waals surface area contributed by atoms with E-state index in [9.17, 15) is 8.42 Å². The summed E-state index contributed by atoms with van der Waals surface area (Å²) in [5, 5.41) is 9.62. The van der Waals surface area contributed by atoms with Crippen molar-refractivity contribution in [3.63, 3.8) is 0 Å². The highest BCUT2D eigenvalue weighted by molar-refractivity contribution is 7.89. The molecule has 0 aliphatic rings. The summed E-state index contributed by atoms with van der Waals surface area (Å²) in [6.45, 7) is 4.02. The predicted molar refractivity (Wildman–Crippen MR) is 78.3 cm³/mol. The van der Waals surface area contributed by atoms with Gasteiger partial charge in [0.25, 0.3) is 10.0 Å². The number of furan rings is 1. The fourth-order valence-electron chi connectivity index (χ4n) is 2.13. The largest absolute Gasteiger partial charge is 0.469 e. The van der Waals surface area contributed by atoms with Gasteiger partial charge in [-0.2, -0.15) is 5.10 Å². The highest BCUT2D eigenvalue weighted by Gasteiger charge is 2.25. The fourth-order valence-corrected chi connectivity index (χ4v) is 3.57. The Bertz CT molecular complexity index is 676. The molecule has 2 aromatic heterocycles. The molecule has 0 fully saturated rings. The lowest BCUT2D eigenvalue weighted by atomic mass is 10.2. The summed E-state index contributed by atoms with van der Waals surface area (Å²) in [5.41, 5.74) is 1.39. The van der Waals surface area contributed by atoms with E-state index in [1.54, 1.807) is 33.2 Å². The van der Waals surface area contributed by atoms with Gasteiger partial charge in [-0.1, -0.05) is 0 Å². The molecule has 0 aromatic carbocycles. The smallest absolute Gasteiger partial charge is 0.260 e. The molecule has 0 aliphatic carbocycles. The Balaban J connectivity index is 2.14. The van der Waals surface area contributed by atoms with Gasteiger partial charge in [0, 0.05) is 30.3 Å². The number of hydrogen-bond donors (Lipinski definition) is 3. The highest BCUT2D eigenvalue weighted by atomic mass is 32.2. The summed E-state index contributed by atoms with van der Waals surface area (Å²) in [7, 11) is -1.91. The Morgan fingerprint density at radius 3 is 2.86 bits per heavy atom. The van der Waals surface area contributed by atoms with Crippen LogP contribution >= 0.6 is 0 Å². The molecule has 3 N–H and O–H groups in total. The molecule has 0 spiro atoms. The zero-order valence-corrected chi connectivity index (χ0v) is 13.1. The molecule has 0 saturated heterocycles. The number of H-pyrrole nitrogens is 1. The van der Waals surface area contributed by atoms with E-state index in [-0.39, 0.29) is 11.1 Å². The first kappa shape index (κ1) is 15.7. The zero-order chi connectivity index (χ0) is 15.5. The summed E-state index contributed by atoms with van der Waals surface area (Å²) < 4.78 is 32.7. The summed E-state index contributed by atoms with van der Waals surface area (Å²) in [6, 6.07) is 3.30. The molecule has 21 heavy (non-hydrogen) atoms. The van der Waals surface area contributed by atoms with Crippen LogP contribution in [0.4, 0.5) is 0 Å². The maximum atomic E-state index is 12.4. The molecular weight excluding hydrogens is 292 g/mol. The van der Waals surface area contributed by atoms with Crippen LogP contribution in [0.2, 0.25) is 0 Å². The Morgan fingerprint density at radius 1 is 1.48 bits per heavy atom. The number of nitrogens with one attached hydrogen (secondary N) is 3. The van der Waals surface area contributed by atoms with Gasteiger partial charge in [-0.3, -0.25) is 5.10 Å². The standard InChI is InChI=1S/C13H20N4O3S/c1-9(7-11-5-4-6-20-11)17-21(18,19)13-12(8-14-3)10(2)15-16-13/h4-6,9,14,17H,7-8H2,1-3H3,(H,15,16). The van der Waals surface area contributed by atoms with Gasteiger partial charge in [0.15, 0.2) is 5.03 Å². The van der Waals surface area contributed by atoms with Crippen LogP contribution in [0.1, 0.15) is 23.9 Å². The second-order valence-corrected chi connectivity index (χ2v) is 6.60. The average Bonchev–Trinajstić information content (AvgIpc) is 3.00. The number of aromatic amines is 1. The molecule has 1 atom stereocenters. The first-order chi connectivity index (χ1) is 9.94. The van der Waals surface area contributed by atoms with Gasteiger partial charge in [0.1, 0.15) is 5.76 Å². The van der Waals surface area contributed by atoms with E-state index in [0.717, 1.165) is 11.5 Å². The molecule has 7 nitrogen and oxygen atoms in total. The van der Waals surface area contributed by atoms with Gasteiger partial charge in [0.05, 0.1) is 6.26 Å². The normalized spacial score (nSPS) is 13.5. The first-order valence-corrected chi connectivity index (χ1v) is 8.15. The topological polar surface area (TPSA) is 100 Å². The van der Waals surface area contributed by atoms with E-state index in [1.165, 1.54) is 0 Å². The minimum Gasteiger partial charge on any atom is -0.469 e. The van der Waals surface area contributed by atoms with Crippen LogP contribution in [0.15, 0.2) is 27.8 Å². The summed E-state index contributed by atoms with van der Waals surface area (Å²) in [6.07, 6.45) is 2.05. The maximum Gasteiger partial charge on any atom is 0.260 e. The van der Waals surface area contributed by atoms with Crippen molar-refractivity contribution in [1.82, 2.24) is 20.2 Å². The van der Waals surface area contributed by atoms with E-state index in [0.29, 0.717) is 18.5 Å². The van der Waals surface area contributed by atoms with Crippen molar-refractivity contribution >= 4 is 10.0 Å². The molecule has 0 saturated carbocycles. The zero-order valence-electron chi connectivity index (χ0n) is 12.3. The van der Waals surface area contributed by atoms with Crippen LogP contribution in [-0.4, -0.2) is 31.7 Å². The third-order valence-electron chi connectivity index (χ3n) is 3.09. The number of rotatable bonds is 7. The van der Waals surface area contributed by atoms with E-state index in [4.69, 9.17) is 4.42 Å². The van der Waals surface area contributed by atoms with Gasteiger partial charge in [-0.15, -0.1) is 0 Å². The molecule has 2 heterocycles.